The van der Waals surface area contributed by atoms with E-state index < -0.39 is 10.2 Å². The Morgan fingerprint density at radius 1 is 1.32 bits per heavy atom. The first-order chi connectivity index (χ1) is 14.9. The van der Waals surface area contributed by atoms with Crippen LogP contribution in [0, 0.1) is 10.1 Å². The summed E-state index contributed by atoms with van der Waals surface area (Å²) in [5.74, 6) is 0.921. The van der Waals surface area contributed by atoms with Gasteiger partial charge < -0.3 is 14.3 Å². The number of furan rings is 1. The Hall–Kier alpha value is -3.51. The van der Waals surface area contributed by atoms with E-state index in [-0.39, 0.29) is 11.6 Å². The Morgan fingerprint density at radius 3 is 2.90 bits per heavy atom. The zero-order chi connectivity index (χ0) is 22.0. The lowest BCUT2D eigenvalue weighted by Gasteiger charge is -2.09. The molecule has 3 heterocycles. The molecule has 0 aliphatic carbocycles. The number of thioether (sulfide) groups is 1. The zero-order valence-corrected chi connectivity index (χ0v) is 18.0. The molecule has 0 aliphatic heterocycles. The Morgan fingerprint density at radius 2 is 2.16 bits per heavy atom. The first-order valence-electron chi connectivity index (χ1n) is 9.03. The lowest BCUT2D eigenvalue weighted by Crippen LogP contribution is -2.22. The van der Waals surface area contributed by atoms with Gasteiger partial charge in [0.2, 0.25) is 5.91 Å². The summed E-state index contributed by atoms with van der Waals surface area (Å²) in [4.78, 5) is 27.5. The van der Waals surface area contributed by atoms with Crippen LogP contribution in [0.5, 0.6) is 0 Å². The van der Waals surface area contributed by atoms with Gasteiger partial charge in [0.05, 0.1) is 22.1 Å². The molecule has 0 radical (unpaired) electrons. The van der Waals surface area contributed by atoms with E-state index in [1.807, 2.05) is 0 Å². The van der Waals surface area contributed by atoms with Gasteiger partial charge in [0, 0.05) is 30.1 Å². The van der Waals surface area contributed by atoms with Crippen LogP contribution >= 0.6 is 23.1 Å². The average Bonchev–Trinajstić information content (AvgIpc) is 3.50. The monoisotopic (exact) mass is 456 g/mol. The molecule has 4 rings (SSSR count). The maximum absolute atomic E-state index is 12.6. The second-order valence-electron chi connectivity index (χ2n) is 6.44. The zero-order valence-electron chi connectivity index (χ0n) is 16.4. The van der Waals surface area contributed by atoms with Crippen molar-refractivity contribution >= 4 is 39.8 Å². The molecule has 0 saturated heterocycles. The van der Waals surface area contributed by atoms with E-state index in [1.54, 1.807) is 54.4 Å². The van der Waals surface area contributed by atoms with Crippen molar-refractivity contribution in [3.8, 4) is 22.8 Å². The van der Waals surface area contributed by atoms with Crippen LogP contribution in [-0.2, 0) is 11.8 Å². The van der Waals surface area contributed by atoms with Gasteiger partial charge in [-0.1, -0.05) is 23.9 Å². The normalized spacial score (nSPS) is 11.9. The maximum Gasteiger partial charge on any atom is 0.270 e. The molecule has 3 aromatic heterocycles. The van der Waals surface area contributed by atoms with E-state index in [0.29, 0.717) is 33.1 Å². The molecule has 1 N–H and O–H groups in total. The number of benzene rings is 1. The van der Waals surface area contributed by atoms with E-state index >= 15 is 0 Å². The van der Waals surface area contributed by atoms with Crippen LogP contribution in [0.2, 0.25) is 0 Å². The number of nitrogens with one attached hydrogen (secondary N) is 1. The van der Waals surface area contributed by atoms with Gasteiger partial charge in [0.25, 0.3) is 5.69 Å². The second kappa shape index (κ2) is 8.70. The minimum absolute atomic E-state index is 0.0151. The average molecular weight is 457 g/mol. The van der Waals surface area contributed by atoms with Crippen molar-refractivity contribution < 1.29 is 14.1 Å². The van der Waals surface area contributed by atoms with E-state index in [4.69, 9.17) is 4.42 Å². The third-order valence-electron chi connectivity index (χ3n) is 4.31. The molecule has 12 heteroatoms. The SMILES string of the molecule is CC(Sc1nnc(-c2ccco2)n1C)C(=O)Nc1nc(-c2cccc([N+](=O)[O-])c2)cs1. The Balaban J connectivity index is 1.42. The predicted molar refractivity (Wildman–Crippen MR) is 117 cm³/mol. The van der Waals surface area contributed by atoms with E-state index in [9.17, 15) is 14.9 Å². The lowest BCUT2D eigenvalue weighted by molar-refractivity contribution is -0.384. The number of aromatic nitrogens is 4. The maximum atomic E-state index is 12.6. The van der Waals surface area contributed by atoms with Crippen molar-refractivity contribution in [2.75, 3.05) is 5.32 Å². The van der Waals surface area contributed by atoms with Gasteiger partial charge in [-0.25, -0.2) is 4.98 Å². The highest BCUT2D eigenvalue weighted by atomic mass is 32.2. The smallest absolute Gasteiger partial charge is 0.270 e. The van der Waals surface area contributed by atoms with E-state index in [0.717, 1.165) is 0 Å². The summed E-state index contributed by atoms with van der Waals surface area (Å²) in [7, 11) is 1.80. The number of nitro groups is 1. The number of carbonyl (C=O) groups excluding carboxylic acids is 1. The van der Waals surface area contributed by atoms with Crippen LogP contribution in [0.15, 0.2) is 57.6 Å². The molecule has 1 atom stereocenters. The van der Waals surface area contributed by atoms with Crippen LogP contribution in [0.1, 0.15) is 6.92 Å². The number of nitro benzene ring substituents is 1. The molecule has 4 aromatic rings. The summed E-state index contributed by atoms with van der Waals surface area (Å²) < 4.78 is 7.11. The molecule has 1 aromatic carbocycles. The largest absolute Gasteiger partial charge is 0.461 e. The number of amides is 1. The van der Waals surface area contributed by atoms with Crippen LogP contribution < -0.4 is 5.32 Å². The summed E-state index contributed by atoms with van der Waals surface area (Å²) in [6.45, 7) is 1.76. The third-order valence-corrected chi connectivity index (χ3v) is 6.21. The quantitative estimate of drug-likeness (QED) is 0.248. The highest BCUT2D eigenvalue weighted by Crippen LogP contribution is 2.29. The molecular formula is C19H16N6O4S2. The van der Waals surface area contributed by atoms with Crippen molar-refractivity contribution in [1.82, 2.24) is 19.7 Å². The number of nitrogens with zero attached hydrogens (tertiary/aromatic N) is 5. The fourth-order valence-electron chi connectivity index (χ4n) is 2.70. The van der Waals surface area contributed by atoms with Crippen molar-refractivity contribution in [2.45, 2.75) is 17.3 Å². The summed E-state index contributed by atoms with van der Waals surface area (Å²) in [5, 5.41) is 24.3. The number of thiazole rings is 1. The molecule has 0 bridgehead atoms. The minimum Gasteiger partial charge on any atom is -0.461 e. The molecule has 1 unspecified atom stereocenters. The first kappa shape index (κ1) is 20.8. The molecule has 0 aliphatic rings. The first-order valence-corrected chi connectivity index (χ1v) is 10.8. The van der Waals surface area contributed by atoms with E-state index in [1.165, 1.54) is 35.2 Å². The van der Waals surface area contributed by atoms with Crippen LogP contribution in [-0.4, -0.2) is 35.8 Å². The minimum atomic E-state index is -0.461. The number of hydrogen-bond donors (Lipinski definition) is 1. The number of carbonyl (C=O) groups is 1. The molecule has 0 spiro atoms. The van der Waals surface area contributed by atoms with Crippen LogP contribution in [0.4, 0.5) is 10.8 Å². The fourth-order valence-corrected chi connectivity index (χ4v) is 4.24. The molecule has 1 amide bonds. The van der Waals surface area contributed by atoms with Gasteiger partial charge in [-0.2, -0.15) is 0 Å². The fraction of sp³-hybridized carbons (Fsp3) is 0.158. The highest BCUT2D eigenvalue weighted by Gasteiger charge is 2.21. The molecule has 0 saturated carbocycles. The van der Waals surface area contributed by atoms with Crippen molar-refractivity contribution in [3.05, 3.63) is 58.2 Å². The molecule has 31 heavy (non-hydrogen) atoms. The van der Waals surface area contributed by atoms with Crippen molar-refractivity contribution in [3.63, 3.8) is 0 Å². The van der Waals surface area contributed by atoms with Gasteiger partial charge in [0.15, 0.2) is 21.9 Å². The Bertz CT molecular complexity index is 1230. The number of rotatable bonds is 7. The summed E-state index contributed by atoms with van der Waals surface area (Å²) in [5.41, 5.74) is 1.15. The number of anilines is 1. The third kappa shape index (κ3) is 4.49. The standard InChI is InChI=1S/C19H16N6O4S2/c1-11(31-19-23-22-16(24(19)2)15-7-4-8-29-15)17(26)21-18-20-14(10-30-18)12-5-3-6-13(9-12)25(27)28/h3-11H,1-2H3,(H,20,21,26). The van der Waals surface area contributed by atoms with Crippen molar-refractivity contribution in [1.29, 1.82) is 0 Å². The van der Waals surface area contributed by atoms with Gasteiger partial charge in [-0.05, 0) is 19.1 Å². The van der Waals surface area contributed by atoms with Gasteiger partial charge >= 0.3 is 0 Å². The highest BCUT2D eigenvalue weighted by molar-refractivity contribution is 8.00. The summed E-state index contributed by atoms with van der Waals surface area (Å²) in [6, 6.07) is 9.75. The van der Waals surface area contributed by atoms with Gasteiger partial charge in [0.1, 0.15) is 0 Å². The summed E-state index contributed by atoms with van der Waals surface area (Å²) >= 11 is 2.51. The topological polar surface area (TPSA) is 129 Å². The second-order valence-corrected chi connectivity index (χ2v) is 8.60. The summed E-state index contributed by atoms with van der Waals surface area (Å²) in [6.07, 6.45) is 1.56. The molecule has 158 valence electrons. The van der Waals surface area contributed by atoms with Crippen molar-refractivity contribution in [2.24, 2.45) is 7.05 Å². The van der Waals surface area contributed by atoms with E-state index in [2.05, 4.69) is 20.5 Å². The lowest BCUT2D eigenvalue weighted by atomic mass is 10.1. The van der Waals surface area contributed by atoms with Gasteiger partial charge in [-0.3, -0.25) is 14.9 Å². The Kier molecular flexibility index (Phi) is 5.82. The van der Waals surface area contributed by atoms with Crippen LogP contribution in [0.3, 0.4) is 0 Å². The van der Waals surface area contributed by atoms with Crippen LogP contribution in [0.25, 0.3) is 22.8 Å². The number of hydrogen-bond acceptors (Lipinski definition) is 9. The molecule has 0 fully saturated rings. The Labute approximate surface area is 184 Å². The predicted octanol–water partition coefficient (Wildman–Crippen LogP) is 4.23. The van der Waals surface area contributed by atoms with Gasteiger partial charge in [-0.15, -0.1) is 21.5 Å². The number of non-ortho nitro benzene ring substituents is 1. The molecule has 10 nitrogen and oxygen atoms in total. The molecular weight excluding hydrogens is 440 g/mol.